The van der Waals surface area contributed by atoms with Gasteiger partial charge in [-0.2, -0.15) is 0 Å². The Bertz CT molecular complexity index is 573. The van der Waals surface area contributed by atoms with Crippen molar-refractivity contribution in [2.24, 2.45) is 0 Å². The van der Waals surface area contributed by atoms with Crippen molar-refractivity contribution in [3.8, 4) is 0 Å². The predicted molar refractivity (Wildman–Crippen MR) is 78.1 cm³/mol. The average molecular weight is 374 g/mol. The van der Waals surface area contributed by atoms with Crippen LogP contribution in [0.25, 0.3) is 0 Å². The number of pyridine rings is 1. The van der Waals surface area contributed by atoms with E-state index in [0.717, 1.165) is 25.9 Å². The van der Waals surface area contributed by atoms with Crippen molar-refractivity contribution in [2.75, 3.05) is 5.32 Å². The highest BCUT2D eigenvalue weighted by Gasteiger charge is 2.03. The van der Waals surface area contributed by atoms with Crippen LogP contribution >= 0.6 is 31.9 Å². The van der Waals surface area contributed by atoms with Crippen molar-refractivity contribution in [1.29, 1.82) is 0 Å². The quantitative estimate of drug-likeness (QED) is 0.791. The van der Waals surface area contributed by atoms with E-state index in [1.807, 2.05) is 13.0 Å². The Morgan fingerprint density at radius 3 is 2.78 bits per heavy atom. The van der Waals surface area contributed by atoms with Crippen LogP contribution in [0.1, 0.15) is 11.1 Å². The number of nitrogens with one attached hydrogen (secondary N) is 1. The Balaban J connectivity index is 2.11. The van der Waals surface area contributed by atoms with Gasteiger partial charge in [0.05, 0.1) is 11.9 Å². The maximum absolute atomic E-state index is 13.1. The van der Waals surface area contributed by atoms with Gasteiger partial charge in [-0.1, -0.05) is 15.9 Å². The fourth-order valence-corrected chi connectivity index (χ4v) is 2.13. The predicted octanol–water partition coefficient (Wildman–Crippen LogP) is 4.67. The SMILES string of the molecule is Cc1cc(NCc2cc(F)ccc2Br)cnc1Br. The molecule has 0 aliphatic carbocycles. The highest BCUT2D eigenvalue weighted by Crippen LogP contribution is 2.21. The Labute approximate surface area is 122 Å². The van der Waals surface area contributed by atoms with Crippen molar-refractivity contribution >= 4 is 37.5 Å². The van der Waals surface area contributed by atoms with Gasteiger partial charge in [0.25, 0.3) is 0 Å². The molecule has 0 bridgehead atoms. The lowest BCUT2D eigenvalue weighted by Crippen LogP contribution is -2.01. The number of aromatic nitrogens is 1. The second-order valence-electron chi connectivity index (χ2n) is 3.92. The van der Waals surface area contributed by atoms with Gasteiger partial charge in [0.1, 0.15) is 10.4 Å². The number of aryl methyl sites for hydroxylation is 1. The number of anilines is 1. The van der Waals surface area contributed by atoms with Gasteiger partial charge in [0.15, 0.2) is 0 Å². The molecule has 0 saturated heterocycles. The van der Waals surface area contributed by atoms with Crippen molar-refractivity contribution in [1.82, 2.24) is 4.98 Å². The van der Waals surface area contributed by atoms with Crippen LogP contribution in [0, 0.1) is 12.7 Å². The maximum atomic E-state index is 13.1. The second-order valence-corrected chi connectivity index (χ2v) is 5.53. The van der Waals surface area contributed by atoms with Gasteiger partial charge >= 0.3 is 0 Å². The molecule has 2 aromatic rings. The summed E-state index contributed by atoms with van der Waals surface area (Å²) in [5.41, 5.74) is 2.83. The third-order valence-electron chi connectivity index (χ3n) is 2.51. The van der Waals surface area contributed by atoms with E-state index in [1.165, 1.54) is 12.1 Å². The van der Waals surface area contributed by atoms with E-state index in [0.29, 0.717) is 6.54 Å². The standard InChI is InChI=1S/C13H11Br2FN2/c1-8-4-11(7-18-13(8)15)17-6-9-5-10(16)2-3-12(9)14/h2-5,7,17H,6H2,1H3. The number of halogens is 3. The number of benzene rings is 1. The molecule has 18 heavy (non-hydrogen) atoms. The first kappa shape index (κ1) is 13.5. The molecule has 0 saturated carbocycles. The highest BCUT2D eigenvalue weighted by molar-refractivity contribution is 9.10. The Kier molecular flexibility index (Phi) is 4.35. The van der Waals surface area contributed by atoms with Crippen LogP contribution in [0.5, 0.6) is 0 Å². The molecule has 0 spiro atoms. The average Bonchev–Trinajstić information content (AvgIpc) is 2.34. The summed E-state index contributed by atoms with van der Waals surface area (Å²) >= 11 is 6.75. The lowest BCUT2D eigenvalue weighted by atomic mass is 10.2. The maximum Gasteiger partial charge on any atom is 0.123 e. The first-order valence-electron chi connectivity index (χ1n) is 5.36. The normalized spacial score (nSPS) is 10.4. The minimum atomic E-state index is -0.236. The molecular formula is C13H11Br2FN2. The molecule has 1 N–H and O–H groups in total. The van der Waals surface area contributed by atoms with Crippen molar-refractivity contribution in [3.05, 3.63) is 56.5 Å². The summed E-state index contributed by atoms with van der Waals surface area (Å²) in [5, 5.41) is 3.22. The third kappa shape index (κ3) is 3.29. The number of hydrogen-bond donors (Lipinski definition) is 1. The molecule has 2 nitrogen and oxygen atoms in total. The number of rotatable bonds is 3. The molecule has 0 aliphatic rings. The zero-order chi connectivity index (χ0) is 13.1. The zero-order valence-corrected chi connectivity index (χ0v) is 12.8. The van der Waals surface area contributed by atoms with Gasteiger partial charge in [-0.25, -0.2) is 9.37 Å². The fourth-order valence-electron chi connectivity index (χ4n) is 1.53. The summed E-state index contributed by atoms with van der Waals surface area (Å²) in [6.07, 6.45) is 1.74. The van der Waals surface area contributed by atoms with E-state index in [9.17, 15) is 4.39 Å². The smallest absolute Gasteiger partial charge is 0.123 e. The molecule has 94 valence electrons. The van der Waals surface area contributed by atoms with E-state index >= 15 is 0 Å². The Morgan fingerprint density at radius 2 is 2.06 bits per heavy atom. The molecule has 2 rings (SSSR count). The molecule has 1 heterocycles. The molecule has 1 aromatic carbocycles. The van der Waals surface area contributed by atoms with E-state index < -0.39 is 0 Å². The summed E-state index contributed by atoms with van der Waals surface area (Å²) < 4.78 is 14.8. The minimum absolute atomic E-state index is 0.236. The van der Waals surface area contributed by atoms with Crippen LogP contribution < -0.4 is 5.32 Å². The van der Waals surface area contributed by atoms with Crippen LogP contribution in [-0.4, -0.2) is 4.98 Å². The first-order chi connectivity index (χ1) is 8.56. The van der Waals surface area contributed by atoms with Crippen molar-refractivity contribution in [2.45, 2.75) is 13.5 Å². The third-order valence-corrected chi connectivity index (χ3v) is 4.11. The summed E-state index contributed by atoms with van der Waals surface area (Å²) in [7, 11) is 0. The molecule has 5 heteroatoms. The van der Waals surface area contributed by atoms with E-state index in [1.54, 1.807) is 12.3 Å². The van der Waals surface area contributed by atoms with Crippen molar-refractivity contribution < 1.29 is 4.39 Å². The number of hydrogen-bond acceptors (Lipinski definition) is 2. The Hall–Kier alpha value is -0.940. The molecule has 0 aliphatic heterocycles. The highest BCUT2D eigenvalue weighted by atomic mass is 79.9. The zero-order valence-electron chi connectivity index (χ0n) is 9.67. The Morgan fingerprint density at radius 1 is 1.28 bits per heavy atom. The lowest BCUT2D eigenvalue weighted by molar-refractivity contribution is 0.625. The first-order valence-corrected chi connectivity index (χ1v) is 6.95. The molecule has 0 radical (unpaired) electrons. The van der Waals surface area contributed by atoms with E-state index in [4.69, 9.17) is 0 Å². The largest absolute Gasteiger partial charge is 0.380 e. The van der Waals surface area contributed by atoms with Gasteiger partial charge < -0.3 is 5.32 Å². The van der Waals surface area contributed by atoms with E-state index in [2.05, 4.69) is 42.2 Å². The monoisotopic (exact) mass is 372 g/mol. The van der Waals surface area contributed by atoms with Gasteiger partial charge in [-0.05, 0) is 58.2 Å². The summed E-state index contributed by atoms with van der Waals surface area (Å²) in [6, 6.07) is 6.64. The fraction of sp³-hybridized carbons (Fsp3) is 0.154. The van der Waals surface area contributed by atoms with Crippen LogP contribution in [0.4, 0.5) is 10.1 Å². The summed E-state index contributed by atoms with van der Waals surface area (Å²) in [5.74, 6) is -0.236. The van der Waals surface area contributed by atoms with Gasteiger partial charge in [0.2, 0.25) is 0 Å². The molecule has 0 fully saturated rings. The van der Waals surface area contributed by atoms with Gasteiger partial charge in [-0.3, -0.25) is 0 Å². The lowest BCUT2D eigenvalue weighted by Gasteiger charge is -2.09. The molecular weight excluding hydrogens is 363 g/mol. The molecule has 0 atom stereocenters. The number of nitrogens with zero attached hydrogens (tertiary/aromatic N) is 1. The van der Waals surface area contributed by atoms with Crippen LogP contribution in [0.2, 0.25) is 0 Å². The minimum Gasteiger partial charge on any atom is -0.380 e. The molecule has 1 aromatic heterocycles. The van der Waals surface area contributed by atoms with Gasteiger partial charge in [-0.15, -0.1) is 0 Å². The topological polar surface area (TPSA) is 24.9 Å². The summed E-state index contributed by atoms with van der Waals surface area (Å²) in [6.45, 7) is 2.52. The molecule has 0 amide bonds. The van der Waals surface area contributed by atoms with Crippen LogP contribution in [0.3, 0.4) is 0 Å². The van der Waals surface area contributed by atoms with Gasteiger partial charge in [0, 0.05) is 11.0 Å². The molecule has 0 unspecified atom stereocenters. The summed E-state index contributed by atoms with van der Waals surface area (Å²) in [4.78, 5) is 4.20. The van der Waals surface area contributed by atoms with E-state index in [-0.39, 0.29) is 5.82 Å². The van der Waals surface area contributed by atoms with Crippen LogP contribution in [0.15, 0.2) is 39.5 Å². The van der Waals surface area contributed by atoms with Crippen LogP contribution in [-0.2, 0) is 6.54 Å². The second kappa shape index (κ2) is 5.80. The van der Waals surface area contributed by atoms with Crippen molar-refractivity contribution in [3.63, 3.8) is 0 Å².